The second-order valence-corrected chi connectivity index (χ2v) is 8.85. The molecule has 0 heterocycles. The number of anilines is 1. The number of rotatable bonds is 5. The van der Waals surface area contributed by atoms with Crippen LogP contribution in [-0.4, -0.2) is 17.5 Å². The van der Waals surface area contributed by atoms with Gasteiger partial charge in [0.2, 0.25) is 11.6 Å². The number of hydrogen-bond donors (Lipinski definition) is 1. The quantitative estimate of drug-likeness (QED) is 0.369. The van der Waals surface area contributed by atoms with Gasteiger partial charge in [0.15, 0.2) is 0 Å². The molecule has 0 aliphatic carbocycles. The van der Waals surface area contributed by atoms with Crippen LogP contribution in [0, 0.1) is 0 Å². The van der Waals surface area contributed by atoms with Crippen molar-refractivity contribution < 1.29 is 14.4 Å². The maximum Gasteiger partial charge on any atom is 0.255 e. The van der Waals surface area contributed by atoms with Crippen LogP contribution in [0.4, 0.5) is 5.69 Å². The van der Waals surface area contributed by atoms with E-state index in [9.17, 15) is 14.4 Å². The van der Waals surface area contributed by atoms with Gasteiger partial charge in [0.1, 0.15) is 0 Å². The van der Waals surface area contributed by atoms with Crippen LogP contribution in [0.15, 0.2) is 77.3 Å². The van der Waals surface area contributed by atoms with Crippen LogP contribution in [-0.2, 0) is 5.41 Å². The van der Waals surface area contributed by atoms with Crippen LogP contribution < -0.4 is 5.32 Å². The second kappa shape index (κ2) is 8.76. The summed E-state index contributed by atoms with van der Waals surface area (Å²) in [4.78, 5) is 37.3. The number of amides is 1. The maximum atomic E-state index is 12.6. The van der Waals surface area contributed by atoms with Crippen molar-refractivity contribution in [2.45, 2.75) is 26.2 Å². The minimum Gasteiger partial charge on any atom is -0.321 e. The minimum absolute atomic E-state index is 0.00458. The van der Waals surface area contributed by atoms with E-state index in [1.54, 1.807) is 30.3 Å². The van der Waals surface area contributed by atoms with E-state index in [1.165, 1.54) is 24.3 Å². The van der Waals surface area contributed by atoms with E-state index in [1.807, 2.05) is 18.2 Å². The highest BCUT2D eigenvalue weighted by atomic mass is 79.9. The minimum atomic E-state index is -0.603. The second-order valence-electron chi connectivity index (χ2n) is 8.00. The molecule has 3 aromatic carbocycles. The first kappa shape index (κ1) is 21.7. The summed E-state index contributed by atoms with van der Waals surface area (Å²) in [5.41, 5.74) is 2.80. The molecule has 4 nitrogen and oxygen atoms in total. The van der Waals surface area contributed by atoms with Crippen molar-refractivity contribution in [2.75, 3.05) is 5.32 Å². The van der Waals surface area contributed by atoms with Crippen LogP contribution in [0.25, 0.3) is 0 Å². The highest BCUT2D eigenvalue weighted by Gasteiger charge is 2.19. The Morgan fingerprint density at radius 1 is 0.733 bits per heavy atom. The van der Waals surface area contributed by atoms with Crippen molar-refractivity contribution in [3.05, 3.63) is 99.5 Å². The molecule has 0 bridgehead atoms. The van der Waals surface area contributed by atoms with Gasteiger partial charge in [-0.3, -0.25) is 14.4 Å². The van der Waals surface area contributed by atoms with E-state index in [0.717, 1.165) is 10.0 Å². The predicted molar refractivity (Wildman–Crippen MR) is 122 cm³/mol. The molecule has 0 saturated carbocycles. The van der Waals surface area contributed by atoms with Gasteiger partial charge < -0.3 is 5.32 Å². The Kier molecular flexibility index (Phi) is 6.32. The predicted octanol–water partition coefficient (Wildman–Crippen LogP) is 6.06. The Hall–Kier alpha value is -3.05. The average molecular weight is 464 g/mol. The first-order valence-electron chi connectivity index (χ1n) is 9.52. The van der Waals surface area contributed by atoms with E-state index in [4.69, 9.17) is 0 Å². The topological polar surface area (TPSA) is 63.2 Å². The molecule has 3 rings (SSSR count). The van der Waals surface area contributed by atoms with Gasteiger partial charge in [0.05, 0.1) is 5.69 Å². The summed E-state index contributed by atoms with van der Waals surface area (Å²) in [5, 5.41) is 2.86. The van der Waals surface area contributed by atoms with Crippen molar-refractivity contribution in [1.82, 2.24) is 0 Å². The zero-order valence-corrected chi connectivity index (χ0v) is 18.6. The molecule has 30 heavy (non-hydrogen) atoms. The summed E-state index contributed by atoms with van der Waals surface area (Å²) in [6.07, 6.45) is 0. The van der Waals surface area contributed by atoms with E-state index < -0.39 is 11.6 Å². The number of nitrogens with one attached hydrogen (secondary N) is 1. The van der Waals surface area contributed by atoms with Crippen molar-refractivity contribution in [3.8, 4) is 0 Å². The molecule has 0 aliphatic heterocycles. The van der Waals surface area contributed by atoms with Gasteiger partial charge in [-0.1, -0.05) is 69.3 Å². The fourth-order valence-corrected chi connectivity index (χ4v) is 3.38. The third-order valence-corrected chi connectivity index (χ3v) is 5.39. The number of benzene rings is 3. The number of carbonyl (C=O) groups excluding carboxylic acids is 3. The lowest BCUT2D eigenvalue weighted by molar-refractivity contribution is 0.0817. The SMILES string of the molecule is CC(C)(C)c1ccc(NC(=O)c2ccc(C(=O)C(=O)c3ccccc3)cc2)c(Br)c1. The summed E-state index contributed by atoms with van der Waals surface area (Å²) >= 11 is 3.51. The van der Waals surface area contributed by atoms with Crippen molar-refractivity contribution in [1.29, 1.82) is 0 Å². The summed E-state index contributed by atoms with van der Waals surface area (Å²) in [7, 11) is 0. The monoisotopic (exact) mass is 463 g/mol. The van der Waals surface area contributed by atoms with Gasteiger partial charge in [-0.15, -0.1) is 0 Å². The fourth-order valence-electron chi connectivity index (χ4n) is 2.90. The molecule has 1 amide bonds. The van der Waals surface area contributed by atoms with Crippen LogP contribution >= 0.6 is 15.9 Å². The Bertz CT molecular complexity index is 1100. The lowest BCUT2D eigenvalue weighted by atomic mass is 9.87. The number of Topliss-reactive ketones (excluding diaryl/α,β-unsaturated/α-hetero) is 2. The van der Waals surface area contributed by atoms with Gasteiger partial charge in [-0.25, -0.2) is 0 Å². The van der Waals surface area contributed by atoms with Gasteiger partial charge in [-0.05, 0) is 51.2 Å². The molecule has 0 fully saturated rings. The zero-order chi connectivity index (χ0) is 21.9. The highest BCUT2D eigenvalue weighted by Crippen LogP contribution is 2.30. The van der Waals surface area contributed by atoms with Crippen molar-refractivity contribution >= 4 is 39.1 Å². The van der Waals surface area contributed by atoms with Crippen LogP contribution in [0.3, 0.4) is 0 Å². The van der Waals surface area contributed by atoms with Crippen LogP contribution in [0.2, 0.25) is 0 Å². The third kappa shape index (κ3) is 4.92. The molecule has 1 N–H and O–H groups in total. The average Bonchev–Trinajstić information content (AvgIpc) is 2.74. The molecular formula is C25H22BrNO3. The lowest BCUT2D eigenvalue weighted by Crippen LogP contribution is -2.16. The van der Waals surface area contributed by atoms with Gasteiger partial charge >= 0.3 is 0 Å². The first-order valence-corrected chi connectivity index (χ1v) is 10.3. The molecule has 0 aromatic heterocycles. The molecule has 0 radical (unpaired) electrons. The van der Waals surface area contributed by atoms with E-state index in [2.05, 4.69) is 42.0 Å². The Labute approximate surface area is 184 Å². The van der Waals surface area contributed by atoms with E-state index in [0.29, 0.717) is 16.8 Å². The van der Waals surface area contributed by atoms with Crippen molar-refractivity contribution in [2.24, 2.45) is 0 Å². The van der Waals surface area contributed by atoms with Crippen LogP contribution in [0.1, 0.15) is 57.4 Å². The number of halogens is 1. The smallest absolute Gasteiger partial charge is 0.255 e. The fraction of sp³-hybridized carbons (Fsp3) is 0.160. The molecule has 0 aliphatic rings. The van der Waals surface area contributed by atoms with Gasteiger partial charge in [0.25, 0.3) is 5.91 Å². The lowest BCUT2D eigenvalue weighted by Gasteiger charge is -2.20. The molecule has 152 valence electrons. The Balaban J connectivity index is 1.73. The maximum absolute atomic E-state index is 12.6. The van der Waals surface area contributed by atoms with Gasteiger partial charge in [0, 0.05) is 21.2 Å². The standard InChI is InChI=1S/C25H22BrNO3/c1-25(2,3)19-13-14-21(20(26)15-19)27-24(30)18-11-9-17(10-12-18)23(29)22(28)16-7-5-4-6-8-16/h4-15H,1-3H3,(H,27,30). The molecule has 0 unspecified atom stereocenters. The Morgan fingerprint density at radius 3 is 1.80 bits per heavy atom. The molecule has 3 aromatic rings. The normalized spacial score (nSPS) is 11.1. The number of carbonyl (C=O) groups is 3. The number of hydrogen-bond acceptors (Lipinski definition) is 3. The van der Waals surface area contributed by atoms with E-state index in [-0.39, 0.29) is 16.9 Å². The molecule has 5 heteroatoms. The van der Waals surface area contributed by atoms with Crippen LogP contribution in [0.5, 0.6) is 0 Å². The molecular weight excluding hydrogens is 442 g/mol. The Morgan fingerprint density at radius 2 is 1.27 bits per heavy atom. The molecule has 0 atom stereocenters. The van der Waals surface area contributed by atoms with E-state index >= 15 is 0 Å². The first-order chi connectivity index (χ1) is 14.2. The summed E-state index contributed by atoms with van der Waals surface area (Å²) in [6.45, 7) is 6.37. The van der Waals surface area contributed by atoms with Gasteiger partial charge in [-0.2, -0.15) is 0 Å². The number of ketones is 2. The third-order valence-electron chi connectivity index (χ3n) is 4.73. The largest absolute Gasteiger partial charge is 0.321 e. The van der Waals surface area contributed by atoms with Crippen molar-refractivity contribution in [3.63, 3.8) is 0 Å². The summed E-state index contributed by atoms with van der Waals surface area (Å²) < 4.78 is 0.795. The molecule has 0 saturated heterocycles. The molecule has 0 spiro atoms. The zero-order valence-electron chi connectivity index (χ0n) is 17.0. The highest BCUT2D eigenvalue weighted by molar-refractivity contribution is 9.10. The summed E-state index contributed by atoms with van der Waals surface area (Å²) in [5.74, 6) is -1.48. The summed E-state index contributed by atoms with van der Waals surface area (Å²) in [6, 6.07) is 20.3.